The zero-order chi connectivity index (χ0) is 14.3. The van der Waals surface area contributed by atoms with Crippen LogP contribution in [0.15, 0.2) is 23.8 Å². The molecule has 102 valence electrons. The van der Waals surface area contributed by atoms with E-state index in [1.165, 1.54) is 12.5 Å². The number of carboxylic acid groups (broad SMARTS) is 1. The monoisotopic (exact) mass is 254 g/mol. The average molecular weight is 254 g/mol. The highest BCUT2D eigenvalue weighted by Crippen LogP contribution is 2.30. The first-order valence-electron chi connectivity index (χ1n) is 5.92. The van der Waals surface area contributed by atoms with Crippen molar-refractivity contribution in [2.45, 2.75) is 46.6 Å². The van der Waals surface area contributed by atoms with Crippen molar-refractivity contribution in [3.63, 3.8) is 0 Å². The van der Waals surface area contributed by atoms with Crippen LogP contribution >= 0.6 is 0 Å². The second kappa shape index (κ2) is 7.69. The summed E-state index contributed by atoms with van der Waals surface area (Å²) >= 11 is 0. The van der Waals surface area contributed by atoms with Gasteiger partial charge in [0.1, 0.15) is 6.10 Å². The fourth-order valence-electron chi connectivity index (χ4n) is 1.74. The standard InChI is InChI=1S/C12H18O2.C2H4O2/c1-8(2)11-6-5-9(3)12(7-11)14-10(4)13;1-2(3)4/h5,11-12H,1,6-7H2,2-4H3;1H3,(H,3,4). The Morgan fingerprint density at radius 2 is 1.89 bits per heavy atom. The van der Waals surface area contributed by atoms with E-state index in [2.05, 4.69) is 12.7 Å². The van der Waals surface area contributed by atoms with Crippen LogP contribution in [0, 0.1) is 5.92 Å². The van der Waals surface area contributed by atoms with Crippen molar-refractivity contribution in [3.05, 3.63) is 23.8 Å². The largest absolute Gasteiger partial charge is 0.481 e. The van der Waals surface area contributed by atoms with Crippen molar-refractivity contribution < 1.29 is 19.4 Å². The lowest BCUT2D eigenvalue weighted by Gasteiger charge is -2.28. The molecule has 0 aromatic rings. The van der Waals surface area contributed by atoms with Gasteiger partial charge >= 0.3 is 5.97 Å². The van der Waals surface area contributed by atoms with Gasteiger partial charge in [0.05, 0.1) is 0 Å². The quantitative estimate of drug-likeness (QED) is 0.608. The highest BCUT2D eigenvalue weighted by molar-refractivity contribution is 5.66. The maximum Gasteiger partial charge on any atom is 0.303 e. The van der Waals surface area contributed by atoms with Crippen LogP contribution in [-0.4, -0.2) is 23.1 Å². The van der Waals surface area contributed by atoms with Gasteiger partial charge in [-0.25, -0.2) is 0 Å². The topological polar surface area (TPSA) is 63.6 Å². The van der Waals surface area contributed by atoms with E-state index in [-0.39, 0.29) is 12.1 Å². The molecule has 1 aliphatic carbocycles. The number of hydrogen-bond donors (Lipinski definition) is 1. The van der Waals surface area contributed by atoms with Gasteiger partial charge in [-0.2, -0.15) is 0 Å². The molecule has 2 unspecified atom stereocenters. The van der Waals surface area contributed by atoms with Gasteiger partial charge in [-0.05, 0) is 38.2 Å². The minimum atomic E-state index is -0.833. The van der Waals surface area contributed by atoms with Crippen molar-refractivity contribution in [1.29, 1.82) is 0 Å². The van der Waals surface area contributed by atoms with E-state index >= 15 is 0 Å². The molecule has 1 rings (SSSR count). The van der Waals surface area contributed by atoms with Gasteiger partial charge in [-0.1, -0.05) is 18.2 Å². The molecule has 0 bridgehead atoms. The molecule has 0 radical (unpaired) electrons. The summed E-state index contributed by atoms with van der Waals surface area (Å²) in [5.41, 5.74) is 2.34. The normalized spacial score (nSPS) is 22.1. The number of aliphatic carboxylic acids is 1. The SMILES string of the molecule is C=C(C)C1CC=C(C)C(OC(C)=O)C1.CC(=O)O. The molecular weight excluding hydrogens is 232 g/mol. The Balaban J connectivity index is 0.000000631. The second-order valence-electron chi connectivity index (χ2n) is 4.58. The zero-order valence-electron chi connectivity index (χ0n) is 11.5. The maximum atomic E-state index is 10.9. The number of esters is 1. The molecule has 0 amide bonds. The predicted molar refractivity (Wildman–Crippen MR) is 70.2 cm³/mol. The number of rotatable bonds is 2. The Morgan fingerprint density at radius 1 is 1.39 bits per heavy atom. The third-order valence-electron chi connectivity index (χ3n) is 2.74. The van der Waals surface area contributed by atoms with Gasteiger partial charge in [0.15, 0.2) is 0 Å². The molecule has 0 spiro atoms. The Kier molecular flexibility index (Phi) is 7.01. The highest BCUT2D eigenvalue weighted by Gasteiger charge is 2.24. The fourth-order valence-corrected chi connectivity index (χ4v) is 1.74. The van der Waals surface area contributed by atoms with E-state index in [4.69, 9.17) is 14.6 Å². The summed E-state index contributed by atoms with van der Waals surface area (Å²) in [6.45, 7) is 10.5. The molecule has 2 atom stereocenters. The van der Waals surface area contributed by atoms with Crippen LogP contribution in [0.2, 0.25) is 0 Å². The van der Waals surface area contributed by atoms with Crippen LogP contribution in [-0.2, 0) is 14.3 Å². The number of carbonyl (C=O) groups excluding carboxylic acids is 1. The minimum absolute atomic E-state index is 0.0389. The summed E-state index contributed by atoms with van der Waals surface area (Å²) in [5, 5.41) is 7.42. The van der Waals surface area contributed by atoms with Gasteiger partial charge in [-0.15, -0.1) is 0 Å². The number of allylic oxidation sites excluding steroid dienone is 2. The summed E-state index contributed by atoms with van der Waals surface area (Å²) in [6.07, 6.45) is 4.02. The molecule has 0 saturated heterocycles. The van der Waals surface area contributed by atoms with Crippen molar-refractivity contribution in [2.24, 2.45) is 5.92 Å². The molecule has 4 heteroatoms. The predicted octanol–water partition coefficient (Wildman–Crippen LogP) is 2.94. The van der Waals surface area contributed by atoms with E-state index < -0.39 is 5.97 Å². The van der Waals surface area contributed by atoms with Crippen LogP contribution in [0.5, 0.6) is 0 Å². The summed E-state index contributed by atoms with van der Waals surface area (Å²) < 4.78 is 5.24. The molecule has 0 aromatic heterocycles. The van der Waals surface area contributed by atoms with Crippen molar-refractivity contribution in [2.75, 3.05) is 0 Å². The van der Waals surface area contributed by atoms with Crippen molar-refractivity contribution in [1.82, 2.24) is 0 Å². The molecule has 1 N–H and O–H groups in total. The third-order valence-corrected chi connectivity index (χ3v) is 2.74. The van der Waals surface area contributed by atoms with Crippen LogP contribution in [0.1, 0.15) is 40.5 Å². The van der Waals surface area contributed by atoms with Crippen LogP contribution in [0.3, 0.4) is 0 Å². The van der Waals surface area contributed by atoms with E-state index in [1.54, 1.807) is 0 Å². The molecule has 4 nitrogen and oxygen atoms in total. The maximum absolute atomic E-state index is 10.9. The first kappa shape index (κ1) is 16.4. The second-order valence-corrected chi connectivity index (χ2v) is 4.58. The van der Waals surface area contributed by atoms with Crippen LogP contribution < -0.4 is 0 Å². The third kappa shape index (κ3) is 6.89. The van der Waals surface area contributed by atoms with Gasteiger partial charge < -0.3 is 9.84 Å². The summed E-state index contributed by atoms with van der Waals surface area (Å²) in [5.74, 6) is -0.576. The van der Waals surface area contributed by atoms with E-state index in [0.717, 1.165) is 25.3 Å². The van der Waals surface area contributed by atoms with E-state index in [0.29, 0.717) is 5.92 Å². The van der Waals surface area contributed by atoms with E-state index in [1.807, 2.05) is 13.8 Å². The smallest absolute Gasteiger partial charge is 0.303 e. The number of hydrogen-bond acceptors (Lipinski definition) is 3. The number of carboxylic acids is 1. The Morgan fingerprint density at radius 3 is 2.28 bits per heavy atom. The Labute approximate surface area is 108 Å². The molecule has 0 saturated carbocycles. The van der Waals surface area contributed by atoms with Gasteiger partial charge in [-0.3, -0.25) is 9.59 Å². The molecule has 0 heterocycles. The minimum Gasteiger partial charge on any atom is -0.481 e. The fraction of sp³-hybridized carbons (Fsp3) is 0.571. The average Bonchev–Trinajstić information content (AvgIpc) is 2.19. The van der Waals surface area contributed by atoms with Gasteiger partial charge in [0.2, 0.25) is 0 Å². The Bertz CT molecular complexity index is 351. The van der Waals surface area contributed by atoms with Crippen LogP contribution in [0.4, 0.5) is 0 Å². The number of ether oxygens (including phenoxy) is 1. The first-order chi connectivity index (χ1) is 8.23. The molecule has 0 aliphatic heterocycles. The molecular formula is C14H22O4. The summed E-state index contributed by atoms with van der Waals surface area (Å²) in [4.78, 5) is 19.9. The Hall–Kier alpha value is -1.58. The molecule has 1 aliphatic rings. The summed E-state index contributed by atoms with van der Waals surface area (Å²) in [6, 6.07) is 0. The lowest BCUT2D eigenvalue weighted by atomic mass is 9.84. The zero-order valence-corrected chi connectivity index (χ0v) is 11.5. The number of carbonyl (C=O) groups is 2. The molecule has 0 aromatic carbocycles. The first-order valence-corrected chi connectivity index (χ1v) is 5.92. The summed E-state index contributed by atoms with van der Waals surface area (Å²) in [7, 11) is 0. The molecule has 0 fully saturated rings. The van der Waals surface area contributed by atoms with Gasteiger partial charge in [0.25, 0.3) is 5.97 Å². The lowest BCUT2D eigenvalue weighted by molar-refractivity contribution is -0.145. The lowest BCUT2D eigenvalue weighted by Crippen LogP contribution is -2.25. The molecule has 18 heavy (non-hydrogen) atoms. The van der Waals surface area contributed by atoms with E-state index in [9.17, 15) is 4.79 Å². The van der Waals surface area contributed by atoms with Crippen molar-refractivity contribution in [3.8, 4) is 0 Å². The van der Waals surface area contributed by atoms with Gasteiger partial charge in [0, 0.05) is 13.8 Å². The van der Waals surface area contributed by atoms with Crippen LogP contribution in [0.25, 0.3) is 0 Å². The van der Waals surface area contributed by atoms with Crippen molar-refractivity contribution >= 4 is 11.9 Å². The highest BCUT2D eigenvalue weighted by atomic mass is 16.5.